The second-order valence-corrected chi connectivity index (χ2v) is 3.39. The molecule has 0 spiro atoms. The second kappa shape index (κ2) is 4.18. The number of benzene rings is 1. The molecule has 4 heteroatoms. The third kappa shape index (κ3) is 1.58. The number of hydrogen-bond donors (Lipinski definition) is 0. The molecule has 0 atom stereocenters. The van der Waals surface area contributed by atoms with E-state index in [1.807, 2.05) is 24.3 Å². The molecule has 0 saturated heterocycles. The Morgan fingerprint density at radius 3 is 2.81 bits per heavy atom. The Morgan fingerprint density at radius 2 is 2.12 bits per heavy atom. The highest BCUT2D eigenvalue weighted by molar-refractivity contribution is 5.87. The van der Waals surface area contributed by atoms with Crippen molar-refractivity contribution in [1.29, 1.82) is 0 Å². The molecule has 1 heterocycles. The summed E-state index contributed by atoms with van der Waals surface area (Å²) in [4.78, 5) is 10.9. The summed E-state index contributed by atoms with van der Waals surface area (Å²) in [6.07, 6.45) is 2.35. The average molecular weight is 216 g/mol. The molecule has 82 valence electrons. The molecule has 0 radical (unpaired) electrons. The van der Waals surface area contributed by atoms with Crippen molar-refractivity contribution in [1.82, 2.24) is 9.78 Å². The van der Waals surface area contributed by atoms with Crippen molar-refractivity contribution in [3.8, 4) is 17.0 Å². The normalized spacial score (nSPS) is 10.1. The molecule has 16 heavy (non-hydrogen) atoms. The first-order valence-electron chi connectivity index (χ1n) is 4.88. The van der Waals surface area contributed by atoms with Gasteiger partial charge in [-0.15, -0.1) is 0 Å². The van der Waals surface area contributed by atoms with Crippen LogP contribution in [-0.2, 0) is 7.05 Å². The van der Waals surface area contributed by atoms with Gasteiger partial charge in [-0.2, -0.15) is 5.10 Å². The highest BCUT2D eigenvalue weighted by Gasteiger charge is 2.13. The van der Waals surface area contributed by atoms with Gasteiger partial charge >= 0.3 is 0 Å². The predicted molar refractivity (Wildman–Crippen MR) is 60.6 cm³/mol. The Balaban J connectivity index is 2.66. The van der Waals surface area contributed by atoms with E-state index in [9.17, 15) is 4.79 Å². The number of aromatic nitrogens is 2. The summed E-state index contributed by atoms with van der Waals surface area (Å²) >= 11 is 0. The van der Waals surface area contributed by atoms with Gasteiger partial charge in [0.05, 0.1) is 24.6 Å². The van der Waals surface area contributed by atoms with E-state index < -0.39 is 0 Å². The summed E-state index contributed by atoms with van der Waals surface area (Å²) in [5, 5.41) is 4.07. The molecule has 4 nitrogen and oxygen atoms in total. The van der Waals surface area contributed by atoms with Gasteiger partial charge in [0.2, 0.25) is 0 Å². The molecule has 0 N–H and O–H groups in total. The summed E-state index contributed by atoms with van der Waals surface area (Å²) in [5.41, 5.74) is 2.20. The molecule has 0 aliphatic heterocycles. The summed E-state index contributed by atoms with van der Waals surface area (Å²) in [6, 6.07) is 7.55. The van der Waals surface area contributed by atoms with Gasteiger partial charge < -0.3 is 4.74 Å². The average Bonchev–Trinajstić information content (AvgIpc) is 2.70. The highest BCUT2D eigenvalue weighted by atomic mass is 16.5. The van der Waals surface area contributed by atoms with Gasteiger partial charge in [-0.3, -0.25) is 9.48 Å². The van der Waals surface area contributed by atoms with Crippen LogP contribution in [0.1, 0.15) is 10.4 Å². The molecule has 0 aliphatic rings. The smallest absolute Gasteiger partial charge is 0.153 e. The Morgan fingerprint density at radius 1 is 1.38 bits per heavy atom. The van der Waals surface area contributed by atoms with E-state index in [-0.39, 0.29) is 0 Å². The third-order valence-electron chi connectivity index (χ3n) is 2.46. The molecular formula is C12H12N2O2. The Labute approximate surface area is 93.5 Å². The van der Waals surface area contributed by atoms with Crippen molar-refractivity contribution in [3.63, 3.8) is 0 Å². The maximum Gasteiger partial charge on any atom is 0.153 e. The maximum atomic E-state index is 10.9. The van der Waals surface area contributed by atoms with Gasteiger partial charge in [-0.1, -0.05) is 12.1 Å². The quantitative estimate of drug-likeness (QED) is 0.736. The van der Waals surface area contributed by atoms with Gasteiger partial charge in [-0.25, -0.2) is 0 Å². The zero-order valence-corrected chi connectivity index (χ0v) is 9.18. The lowest BCUT2D eigenvalue weighted by Crippen LogP contribution is -1.97. The maximum absolute atomic E-state index is 10.9. The molecular weight excluding hydrogens is 204 g/mol. The third-order valence-corrected chi connectivity index (χ3v) is 2.46. The van der Waals surface area contributed by atoms with Crippen molar-refractivity contribution >= 4 is 6.29 Å². The topological polar surface area (TPSA) is 44.1 Å². The minimum Gasteiger partial charge on any atom is -0.496 e. The van der Waals surface area contributed by atoms with Crippen LogP contribution in [0.25, 0.3) is 11.3 Å². The SMILES string of the molecule is COc1ccccc1-c1c(C=O)cnn1C. The van der Waals surface area contributed by atoms with Crippen LogP contribution in [0, 0.1) is 0 Å². The number of rotatable bonds is 3. The van der Waals surface area contributed by atoms with E-state index >= 15 is 0 Å². The summed E-state index contributed by atoms with van der Waals surface area (Å²) in [7, 11) is 3.41. The minimum atomic E-state index is 0.562. The summed E-state index contributed by atoms with van der Waals surface area (Å²) in [5.74, 6) is 0.731. The first-order chi connectivity index (χ1) is 7.77. The predicted octanol–water partition coefficient (Wildman–Crippen LogP) is 1.91. The molecule has 0 aliphatic carbocycles. The number of ether oxygens (including phenoxy) is 1. The fraction of sp³-hybridized carbons (Fsp3) is 0.167. The molecule has 0 amide bonds. The van der Waals surface area contributed by atoms with Crippen molar-refractivity contribution in [2.75, 3.05) is 7.11 Å². The Bertz CT molecular complexity index is 517. The van der Waals surface area contributed by atoms with E-state index in [2.05, 4.69) is 5.10 Å². The van der Waals surface area contributed by atoms with Crippen LogP contribution in [0.5, 0.6) is 5.75 Å². The molecule has 1 aromatic heterocycles. The van der Waals surface area contributed by atoms with Crippen LogP contribution in [-0.4, -0.2) is 23.2 Å². The number of para-hydroxylation sites is 1. The molecule has 0 saturated carbocycles. The number of aryl methyl sites for hydroxylation is 1. The lowest BCUT2D eigenvalue weighted by atomic mass is 10.1. The molecule has 1 aromatic carbocycles. The molecule has 0 unspecified atom stereocenters. The highest BCUT2D eigenvalue weighted by Crippen LogP contribution is 2.30. The van der Waals surface area contributed by atoms with Crippen molar-refractivity contribution in [3.05, 3.63) is 36.0 Å². The Kier molecular flexibility index (Phi) is 2.72. The van der Waals surface area contributed by atoms with Gasteiger partial charge in [-0.05, 0) is 12.1 Å². The van der Waals surface area contributed by atoms with Crippen LogP contribution in [0.4, 0.5) is 0 Å². The summed E-state index contributed by atoms with van der Waals surface area (Å²) < 4.78 is 6.93. The van der Waals surface area contributed by atoms with Crippen molar-refractivity contribution in [2.24, 2.45) is 7.05 Å². The van der Waals surface area contributed by atoms with Crippen LogP contribution in [0.2, 0.25) is 0 Å². The van der Waals surface area contributed by atoms with Crippen LogP contribution < -0.4 is 4.74 Å². The van der Waals surface area contributed by atoms with E-state index in [1.54, 1.807) is 25.0 Å². The summed E-state index contributed by atoms with van der Waals surface area (Å²) in [6.45, 7) is 0. The van der Waals surface area contributed by atoms with Gasteiger partial charge in [0, 0.05) is 12.6 Å². The standard InChI is InChI=1S/C12H12N2O2/c1-14-12(9(8-15)7-13-14)10-5-3-4-6-11(10)16-2/h3-8H,1-2H3. The number of nitrogens with zero attached hydrogens (tertiary/aromatic N) is 2. The van der Waals surface area contributed by atoms with Crippen molar-refractivity contribution in [2.45, 2.75) is 0 Å². The van der Waals surface area contributed by atoms with Crippen LogP contribution >= 0.6 is 0 Å². The second-order valence-electron chi connectivity index (χ2n) is 3.39. The van der Waals surface area contributed by atoms with Gasteiger partial charge in [0.15, 0.2) is 6.29 Å². The van der Waals surface area contributed by atoms with Gasteiger partial charge in [0.1, 0.15) is 5.75 Å². The van der Waals surface area contributed by atoms with E-state index in [1.165, 1.54) is 0 Å². The van der Waals surface area contributed by atoms with Crippen molar-refractivity contribution < 1.29 is 9.53 Å². The lowest BCUT2D eigenvalue weighted by Gasteiger charge is -2.08. The Hall–Kier alpha value is -2.10. The number of carbonyl (C=O) groups excluding carboxylic acids is 1. The number of aldehydes is 1. The zero-order chi connectivity index (χ0) is 11.5. The minimum absolute atomic E-state index is 0.562. The number of methoxy groups -OCH3 is 1. The van der Waals surface area contributed by atoms with E-state index in [0.717, 1.165) is 23.3 Å². The van der Waals surface area contributed by atoms with Crippen LogP contribution in [0.15, 0.2) is 30.5 Å². The fourth-order valence-corrected chi connectivity index (χ4v) is 1.71. The van der Waals surface area contributed by atoms with E-state index in [0.29, 0.717) is 5.56 Å². The molecule has 2 aromatic rings. The van der Waals surface area contributed by atoms with Gasteiger partial charge in [0.25, 0.3) is 0 Å². The monoisotopic (exact) mass is 216 g/mol. The first-order valence-corrected chi connectivity index (χ1v) is 4.88. The molecule has 2 rings (SSSR count). The fourth-order valence-electron chi connectivity index (χ4n) is 1.71. The zero-order valence-electron chi connectivity index (χ0n) is 9.18. The molecule has 0 fully saturated rings. The van der Waals surface area contributed by atoms with E-state index in [4.69, 9.17) is 4.74 Å². The lowest BCUT2D eigenvalue weighted by molar-refractivity contribution is 0.112. The number of carbonyl (C=O) groups is 1. The van der Waals surface area contributed by atoms with Crippen LogP contribution in [0.3, 0.4) is 0 Å². The first kappa shape index (κ1) is 10.4. The molecule has 0 bridgehead atoms. The number of hydrogen-bond acceptors (Lipinski definition) is 3. The largest absolute Gasteiger partial charge is 0.496 e.